The third-order valence-electron chi connectivity index (χ3n) is 14.2. The van der Waals surface area contributed by atoms with Crippen LogP contribution in [0.15, 0.2) is 219 Å². The minimum atomic E-state index is -3.15. The number of benzene rings is 10. The van der Waals surface area contributed by atoms with E-state index in [9.17, 15) is 0 Å². The maximum Gasteiger partial charge on any atom is 0.147 e. The maximum atomic E-state index is 15.1. The number of rotatable bonds is 4. The van der Waals surface area contributed by atoms with Crippen molar-refractivity contribution in [1.82, 2.24) is 4.98 Å². The summed E-state index contributed by atoms with van der Waals surface area (Å²) < 4.78 is 15.1. The summed E-state index contributed by atoms with van der Waals surface area (Å²) in [5, 5.41) is 11.4. The fourth-order valence-corrected chi connectivity index (χ4v) is 13.5. The number of hydrogen-bond acceptors (Lipinski definition) is 2. The zero-order chi connectivity index (χ0) is 43.0. The molecule has 0 spiro atoms. The van der Waals surface area contributed by atoms with Gasteiger partial charge in [-0.2, -0.15) is 18.2 Å². The molecule has 313 valence electrons. The molecule has 14 rings (SSSR count). The van der Waals surface area contributed by atoms with E-state index in [4.69, 9.17) is 4.98 Å². The quantitative estimate of drug-likeness (QED) is 0.130. The first-order valence-electron chi connectivity index (χ1n) is 22.0. The Labute approximate surface area is 393 Å². The minimum absolute atomic E-state index is 0. The van der Waals surface area contributed by atoms with Crippen LogP contribution in [0.2, 0.25) is 0 Å². The molecule has 10 aromatic carbocycles. The summed E-state index contributed by atoms with van der Waals surface area (Å²) in [6.45, 7) is 4.77. The van der Waals surface area contributed by atoms with Crippen LogP contribution in [0.1, 0.15) is 47.2 Å². The van der Waals surface area contributed by atoms with Gasteiger partial charge in [-0.05, 0) is 85.4 Å². The molecule has 0 unspecified atom stereocenters. The Morgan fingerprint density at radius 1 is 0.415 bits per heavy atom. The van der Waals surface area contributed by atoms with Crippen molar-refractivity contribution in [2.45, 2.75) is 24.7 Å². The normalized spacial score (nSPS) is 16.8. The molecule has 0 saturated carbocycles. The third-order valence-corrected chi connectivity index (χ3v) is 17.1. The molecule has 11 aromatic rings. The predicted octanol–water partition coefficient (Wildman–Crippen LogP) is 13.6. The molecule has 0 N–H and O–H groups in total. The molecule has 1 radical (unpaired) electrons. The third kappa shape index (κ3) is 6.25. The molecule has 0 aliphatic heterocycles. The summed E-state index contributed by atoms with van der Waals surface area (Å²) in [4.78, 5) is 4.79. The van der Waals surface area contributed by atoms with Crippen molar-refractivity contribution >= 4 is 66.1 Å². The zero-order valence-corrected chi connectivity index (χ0v) is 39.2. The summed E-state index contributed by atoms with van der Waals surface area (Å²) in [5.41, 5.74) is 10.1. The van der Waals surface area contributed by atoms with E-state index in [1.807, 2.05) is 66.9 Å². The van der Waals surface area contributed by atoms with Gasteiger partial charge in [0.25, 0.3) is 0 Å². The fourth-order valence-electron chi connectivity index (χ4n) is 10.8. The molecule has 3 aliphatic carbocycles. The van der Waals surface area contributed by atoms with Crippen LogP contribution in [0.25, 0.3) is 54.3 Å². The van der Waals surface area contributed by atoms with Crippen molar-refractivity contribution in [2.75, 3.05) is 0 Å². The first-order chi connectivity index (χ1) is 31.3. The van der Waals surface area contributed by atoms with Gasteiger partial charge in [0, 0.05) is 47.7 Å². The van der Waals surface area contributed by atoms with E-state index in [-0.39, 0.29) is 30.9 Å². The molecule has 0 fully saturated rings. The number of pyridine rings is 1. The van der Waals surface area contributed by atoms with Crippen molar-refractivity contribution in [3.8, 4) is 11.3 Å². The van der Waals surface area contributed by atoms with E-state index >= 15 is 4.57 Å². The number of hydrogen-bond donors (Lipinski definition) is 0. The summed E-state index contributed by atoms with van der Waals surface area (Å²) >= 11 is 0. The van der Waals surface area contributed by atoms with Crippen LogP contribution in [0.4, 0.5) is 0 Å². The van der Waals surface area contributed by atoms with E-state index in [1.165, 1.54) is 44.2 Å². The molecule has 1 heterocycles. The van der Waals surface area contributed by atoms with Gasteiger partial charge < -0.3 is 9.55 Å². The van der Waals surface area contributed by atoms with Crippen LogP contribution in [0, 0.1) is 12.1 Å². The van der Waals surface area contributed by atoms with E-state index in [1.54, 1.807) is 0 Å². The zero-order valence-electron chi connectivity index (χ0n) is 35.9. The Kier molecular flexibility index (Phi) is 9.94. The van der Waals surface area contributed by atoms with E-state index < -0.39 is 7.14 Å². The van der Waals surface area contributed by atoms with Crippen LogP contribution in [0.3, 0.4) is 0 Å². The fraction of sp³-hybridized carbons (Fsp3) is 0.0656. The first kappa shape index (κ1) is 41.0. The number of aromatic nitrogens is 1. The van der Waals surface area contributed by atoms with Crippen LogP contribution in [0.5, 0.6) is 0 Å². The molecule has 0 amide bonds. The average Bonchev–Trinajstić information content (AvgIpc) is 3.37. The summed E-state index contributed by atoms with van der Waals surface area (Å²) in [5.74, 6) is 0. The molecule has 1 aromatic heterocycles. The molecule has 0 atom stereocenters. The SMILES string of the molecule is CC12c3c[c-]c(-c4nccc5ccccc45)cc3C(C)(c3ccccc31)c1ccccc12.O=P(c1[c-]cc2ccccc2c1)(c1ccc2ccccc2c1)c1ccc2ccccc2c1.[Ir]. The largest absolute Gasteiger partial charge is 0.311 e. The summed E-state index contributed by atoms with van der Waals surface area (Å²) in [6.07, 6.45) is 1.91. The van der Waals surface area contributed by atoms with E-state index in [2.05, 4.69) is 178 Å². The summed E-state index contributed by atoms with van der Waals surface area (Å²) in [6, 6.07) is 81.0. The van der Waals surface area contributed by atoms with Gasteiger partial charge in [0.1, 0.15) is 7.14 Å². The monoisotopic (exact) mass is 1030 g/mol. The standard InChI is InChI=1S/C31H22N.C30H20OP.Ir/c1-30-23-11-5-7-13-25(23)31(2,26-14-8-6-12-24(26)30)28-19-21(15-16-27(28)30)29-22-10-4-3-9-20(22)17-18-32-29;31-32(28-16-13-22-7-1-4-10-25(22)19-28,29-17-14-23-8-2-5-11-26(23)20-29)30-18-15-24-9-3-6-12-27(24)21-30;/h3-14,16-19H,1-2H3;1-17,19-21H;/q2*-1;. The molecule has 4 heteroatoms. The van der Waals surface area contributed by atoms with E-state index in [0.29, 0.717) is 0 Å². The maximum absolute atomic E-state index is 15.1. The topological polar surface area (TPSA) is 30.0 Å². The Bertz CT molecular complexity index is 3470. The molecule has 65 heavy (non-hydrogen) atoms. The van der Waals surface area contributed by atoms with Crippen LogP contribution in [-0.4, -0.2) is 4.98 Å². The minimum Gasteiger partial charge on any atom is -0.311 e. The van der Waals surface area contributed by atoms with Crippen molar-refractivity contribution in [3.63, 3.8) is 0 Å². The van der Waals surface area contributed by atoms with Gasteiger partial charge in [-0.25, -0.2) is 0 Å². The van der Waals surface area contributed by atoms with Gasteiger partial charge >= 0.3 is 0 Å². The van der Waals surface area contributed by atoms with Gasteiger partial charge in [0.15, 0.2) is 0 Å². The predicted molar refractivity (Wildman–Crippen MR) is 267 cm³/mol. The van der Waals surface area contributed by atoms with Crippen molar-refractivity contribution in [2.24, 2.45) is 0 Å². The molecule has 3 aliphatic rings. The Balaban J connectivity index is 0.000000142. The van der Waals surface area contributed by atoms with Crippen molar-refractivity contribution in [1.29, 1.82) is 0 Å². The van der Waals surface area contributed by atoms with Gasteiger partial charge in [-0.15, -0.1) is 51.7 Å². The molecular formula is C61H42IrNOP-2. The van der Waals surface area contributed by atoms with Crippen LogP contribution >= 0.6 is 7.14 Å². The van der Waals surface area contributed by atoms with Crippen LogP contribution < -0.4 is 15.9 Å². The first-order valence-corrected chi connectivity index (χ1v) is 23.7. The van der Waals surface area contributed by atoms with Crippen molar-refractivity contribution in [3.05, 3.63) is 264 Å². The second-order valence-electron chi connectivity index (χ2n) is 17.5. The number of nitrogens with zero attached hydrogens (tertiary/aromatic N) is 1. The molecule has 2 nitrogen and oxygen atoms in total. The second kappa shape index (κ2) is 15.8. The van der Waals surface area contributed by atoms with Crippen molar-refractivity contribution < 1.29 is 24.7 Å². The summed E-state index contributed by atoms with van der Waals surface area (Å²) in [7, 11) is -3.15. The van der Waals surface area contributed by atoms with Gasteiger partial charge in [-0.3, -0.25) is 0 Å². The Morgan fingerprint density at radius 3 is 1.45 bits per heavy atom. The average molecular weight is 1030 g/mol. The van der Waals surface area contributed by atoms with Crippen LogP contribution in [-0.2, 0) is 35.5 Å². The molecule has 0 saturated heterocycles. The van der Waals surface area contributed by atoms with Gasteiger partial charge in [-0.1, -0.05) is 176 Å². The van der Waals surface area contributed by atoms with Gasteiger partial charge in [0.2, 0.25) is 0 Å². The molecular weight excluding hydrogens is 986 g/mol. The molecule has 2 bridgehead atoms. The Hall–Kier alpha value is -6.73. The van der Waals surface area contributed by atoms with Gasteiger partial charge in [0.05, 0.1) is 0 Å². The Morgan fingerprint density at radius 2 is 0.877 bits per heavy atom. The van der Waals surface area contributed by atoms with E-state index in [0.717, 1.165) is 59.5 Å². The second-order valence-corrected chi connectivity index (χ2v) is 20.2. The smallest absolute Gasteiger partial charge is 0.147 e. The number of fused-ring (bicyclic) bond motifs is 4.